The number of rotatable bonds is 5. The molecule has 1 saturated heterocycles. The molecule has 102 valence electrons. The number of hydrogen-bond donors (Lipinski definition) is 0. The molecule has 0 amide bonds. The highest BCUT2D eigenvalue weighted by Gasteiger charge is 2.20. The molecule has 1 aromatic rings. The SMILES string of the molecule is CCCCc1ccc(CN2CCN(C)[C@@H](C)C2)s1. The Morgan fingerprint density at radius 2 is 2.06 bits per heavy atom. The van der Waals surface area contributed by atoms with Gasteiger partial charge in [0.2, 0.25) is 0 Å². The molecule has 1 aromatic heterocycles. The van der Waals surface area contributed by atoms with E-state index < -0.39 is 0 Å². The molecule has 1 aliphatic heterocycles. The highest BCUT2D eigenvalue weighted by Crippen LogP contribution is 2.21. The van der Waals surface area contributed by atoms with Gasteiger partial charge in [-0.05, 0) is 38.9 Å². The smallest absolute Gasteiger partial charge is 0.0329 e. The Bertz CT molecular complexity index is 361. The van der Waals surface area contributed by atoms with E-state index in [-0.39, 0.29) is 0 Å². The normalized spacial score (nSPS) is 22.5. The van der Waals surface area contributed by atoms with Crippen LogP contribution < -0.4 is 0 Å². The van der Waals surface area contributed by atoms with E-state index in [1.807, 2.05) is 11.3 Å². The fraction of sp³-hybridized carbons (Fsp3) is 0.733. The Labute approximate surface area is 116 Å². The highest BCUT2D eigenvalue weighted by molar-refractivity contribution is 7.11. The Balaban J connectivity index is 1.84. The van der Waals surface area contributed by atoms with Crippen molar-refractivity contribution in [2.45, 2.75) is 45.7 Å². The second-order valence-electron chi connectivity index (χ2n) is 5.54. The van der Waals surface area contributed by atoms with Crippen molar-refractivity contribution >= 4 is 11.3 Å². The van der Waals surface area contributed by atoms with Crippen molar-refractivity contribution in [3.8, 4) is 0 Å². The molecule has 2 heterocycles. The van der Waals surface area contributed by atoms with Gasteiger partial charge in [-0.15, -0.1) is 11.3 Å². The first-order valence-corrected chi connectivity index (χ1v) is 8.01. The van der Waals surface area contributed by atoms with Crippen LogP contribution in [0.15, 0.2) is 12.1 Å². The molecular formula is C15H26N2S. The summed E-state index contributed by atoms with van der Waals surface area (Å²) in [6, 6.07) is 5.35. The Hall–Kier alpha value is -0.380. The predicted octanol–water partition coefficient (Wildman–Crippen LogP) is 3.23. The molecule has 18 heavy (non-hydrogen) atoms. The average molecular weight is 266 g/mol. The lowest BCUT2D eigenvalue weighted by atomic mass is 10.2. The van der Waals surface area contributed by atoms with E-state index in [0.717, 1.165) is 6.54 Å². The zero-order chi connectivity index (χ0) is 13.0. The number of aryl methyl sites for hydroxylation is 1. The van der Waals surface area contributed by atoms with Crippen LogP contribution in [0.2, 0.25) is 0 Å². The van der Waals surface area contributed by atoms with E-state index in [9.17, 15) is 0 Å². The van der Waals surface area contributed by atoms with E-state index in [1.165, 1.54) is 43.8 Å². The lowest BCUT2D eigenvalue weighted by molar-refractivity contribution is 0.101. The van der Waals surface area contributed by atoms with E-state index in [2.05, 4.69) is 42.8 Å². The first kappa shape index (κ1) is 14.0. The van der Waals surface area contributed by atoms with Crippen LogP contribution in [0, 0.1) is 0 Å². The maximum Gasteiger partial charge on any atom is 0.0329 e. The van der Waals surface area contributed by atoms with Gasteiger partial charge in [0.15, 0.2) is 0 Å². The largest absolute Gasteiger partial charge is 0.301 e. The lowest BCUT2D eigenvalue weighted by Crippen LogP contribution is -2.49. The van der Waals surface area contributed by atoms with Gasteiger partial charge in [0, 0.05) is 42.0 Å². The van der Waals surface area contributed by atoms with Crippen LogP contribution in [0.1, 0.15) is 36.4 Å². The van der Waals surface area contributed by atoms with Gasteiger partial charge in [-0.3, -0.25) is 4.90 Å². The Morgan fingerprint density at radius 3 is 2.78 bits per heavy atom. The van der Waals surface area contributed by atoms with Gasteiger partial charge in [0.05, 0.1) is 0 Å². The van der Waals surface area contributed by atoms with Crippen LogP contribution in [0.3, 0.4) is 0 Å². The summed E-state index contributed by atoms with van der Waals surface area (Å²) in [6.45, 7) is 9.36. The maximum absolute atomic E-state index is 2.60. The molecule has 1 atom stereocenters. The summed E-state index contributed by atoms with van der Waals surface area (Å²) in [5.41, 5.74) is 0. The van der Waals surface area contributed by atoms with Gasteiger partial charge in [0.1, 0.15) is 0 Å². The molecular weight excluding hydrogens is 240 g/mol. The maximum atomic E-state index is 2.60. The molecule has 2 nitrogen and oxygen atoms in total. The van der Waals surface area contributed by atoms with E-state index in [1.54, 1.807) is 4.88 Å². The molecule has 1 fully saturated rings. The monoisotopic (exact) mass is 266 g/mol. The van der Waals surface area contributed by atoms with Crippen molar-refractivity contribution in [3.05, 3.63) is 21.9 Å². The van der Waals surface area contributed by atoms with Crippen LogP contribution in [-0.2, 0) is 13.0 Å². The number of thiophene rings is 1. The predicted molar refractivity (Wildman–Crippen MR) is 80.3 cm³/mol. The van der Waals surface area contributed by atoms with Gasteiger partial charge < -0.3 is 4.90 Å². The molecule has 0 N–H and O–H groups in total. The van der Waals surface area contributed by atoms with Crippen LogP contribution in [0.4, 0.5) is 0 Å². The van der Waals surface area contributed by atoms with Crippen molar-refractivity contribution in [3.63, 3.8) is 0 Å². The number of likely N-dealkylation sites (N-methyl/N-ethyl adjacent to an activating group) is 1. The molecule has 0 bridgehead atoms. The molecule has 3 heteroatoms. The summed E-state index contributed by atoms with van der Waals surface area (Å²) >= 11 is 2.01. The van der Waals surface area contributed by atoms with Crippen LogP contribution in [-0.4, -0.2) is 42.5 Å². The molecule has 0 saturated carbocycles. The Kier molecular flexibility index (Phi) is 5.22. The third kappa shape index (κ3) is 3.81. The molecule has 1 aliphatic rings. The third-order valence-corrected chi connectivity index (χ3v) is 5.05. The first-order valence-electron chi connectivity index (χ1n) is 7.19. The first-order chi connectivity index (χ1) is 8.69. The highest BCUT2D eigenvalue weighted by atomic mass is 32.1. The van der Waals surface area contributed by atoms with Crippen LogP contribution in [0.25, 0.3) is 0 Å². The van der Waals surface area contributed by atoms with E-state index in [0.29, 0.717) is 6.04 Å². The summed E-state index contributed by atoms with van der Waals surface area (Å²) < 4.78 is 0. The summed E-state index contributed by atoms with van der Waals surface area (Å²) in [5, 5.41) is 0. The lowest BCUT2D eigenvalue weighted by Gasteiger charge is -2.37. The molecule has 0 radical (unpaired) electrons. The second kappa shape index (κ2) is 6.69. The second-order valence-corrected chi connectivity index (χ2v) is 6.79. The fourth-order valence-corrected chi connectivity index (χ4v) is 3.58. The van der Waals surface area contributed by atoms with E-state index in [4.69, 9.17) is 0 Å². The van der Waals surface area contributed by atoms with Gasteiger partial charge in [-0.2, -0.15) is 0 Å². The van der Waals surface area contributed by atoms with Crippen molar-refractivity contribution in [1.29, 1.82) is 0 Å². The fourth-order valence-electron chi connectivity index (χ4n) is 2.48. The zero-order valence-electron chi connectivity index (χ0n) is 12.0. The zero-order valence-corrected chi connectivity index (χ0v) is 12.8. The van der Waals surface area contributed by atoms with Crippen molar-refractivity contribution < 1.29 is 0 Å². The number of hydrogen-bond acceptors (Lipinski definition) is 3. The van der Waals surface area contributed by atoms with Gasteiger partial charge in [-0.1, -0.05) is 13.3 Å². The van der Waals surface area contributed by atoms with Crippen molar-refractivity contribution in [1.82, 2.24) is 9.80 Å². The van der Waals surface area contributed by atoms with E-state index >= 15 is 0 Å². The Morgan fingerprint density at radius 1 is 1.28 bits per heavy atom. The molecule has 0 aromatic carbocycles. The topological polar surface area (TPSA) is 6.48 Å². The van der Waals surface area contributed by atoms with Gasteiger partial charge in [0.25, 0.3) is 0 Å². The van der Waals surface area contributed by atoms with Crippen molar-refractivity contribution in [2.24, 2.45) is 0 Å². The average Bonchev–Trinajstić information content (AvgIpc) is 2.79. The van der Waals surface area contributed by atoms with Gasteiger partial charge >= 0.3 is 0 Å². The quantitative estimate of drug-likeness (QED) is 0.807. The minimum absolute atomic E-state index is 0.693. The van der Waals surface area contributed by atoms with Crippen LogP contribution in [0.5, 0.6) is 0 Å². The minimum Gasteiger partial charge on any atom is -0.301 e. The summed E-state index contributed by atoms with van der Waals surface area (Å²) in [4.78, 5) is 8.16. The minimum atomic E-state index is 0.693. The van der Waals surface area contributed by atoms with Gasteiger partial charge in [-0.25, -0.2) is 0 Å². The molecule has 0 spiro atoms. The van der Waals surface area contributed by atoms with Crippen LogP contribution >= 0.6 is 11.3 Å². The number of unbranched alkanes of at least 4 members (excludes halogenated alkanes) is 1. The summed E-state index contributed by atoms with van der Waals surface area (Å²) in [6.07, 6.45) is 3.88. The number of piperazine rings is 1. The standard InChI is InChI=1S/C15H26N2S/c1-4-5-6-14-7-8-15(18-14)12-17-10-9-16(3)13(2)11-17/h7-8,13H,4-6,9-12H2,1-3H3/t13-/m0/s1. The summed E-state index contributed by atoms with van der Waals surface area (Å²) in [5.74, 6) is 0. The molecule has 0 unspecified atom stereocenters. The molecule has 0 aliphatic carbocycles. The van der Waals surface area contributed by atoms with Crippen molar-refractivity contribution in [2.75, 3.05) is 26.7 Å². The third-order valence-electron chi connectivity index (χ3n) is 3.92. The molecule has 2 rings (SSSR count). The number of nitrogens with zero attached hydrogens (tertiary/aromatic N) is 2. The summed E-state index contributed by atoms with van der Waals surface area (Å²) in [7, 11) is 2.23.